The molecule has 3 nitrogen and oxygen atoms in total. The van der Waals surface area contributed by atoms with E-state index in [1.807, 2.05) is 20.8 Å². The highest BCUT2D eigenvalue weighted by Crippen LogP contribution is 1.85. The Balaban J connectivity index is 0. The van der Waals surface area contributed by atoms with Gasteiger partial charge in [0.05, 0.1) is 6.10 Å². The van der Waals surface area contributed by atoms with Crippen molar-refractivity contribution < 1.29 is 14.3 Å². The lowest BCUT2D eigenvalue weighted by Gasteiger charge is -2.01. The van der Waals surface area contributed by atoms with Crippen molar-refractivity contribution in [2.75, 3.05) is 0 Å². The first-order valence-corrected chi connectivity index (χ1v) is 4.06. The third kappa shape index (κ3) is 22.9. The smallest absolute Gasteiger partial charge is 0.302 e. The summed E-state index contributed by atoms with van der Waals surface area (Å²) < 4.78 is 4.61. The third-order valence-electron chi connectivity index (χ3n) is 0.900. The summed E-state index contributed by atoms with van der Waals surface area (Å²) in [5.41, 5.74) is 0. The highest BCUT2D eigenvalue weighted by atomic mass is 16.5. The van der Waals surface area contributed by atoms with Gasteiger partial charge < -0.3 is 9.53 Å². The molecule has 0 spiro atoms. The molecule has 0 rings (SSSR count). The Bertz CT molecular complexity index is 139. The third-order valence-corrected chi connectivity index (χ3v) is 0.900. The number of ether oxygens (including phenoxy) is 1. The van der Waals surface area contributed by atoms with Crippen LogP contribution in [-0.4, -0.2) is 17.9 Å². The second-order valence-electron chi connectivity index (χ2n) is 2.71. The number of esters is 1. The Morgan fingerprint density at radius 3 is 1.58 bits per heavy atom. The number of ketones is 1. The summed E-state index contributed by atoms with van der Waals surface area (Å²) in [6, 6.07) is 0. The minimum atomic E-state index is -0.213. The first-order chi connectivity index (χ1) is 5.40. The summed E-state index contributed by atoms with van der Waals surface area (Å²) in [7, 11) is 0. The molecule has 0 aliphatic heterocycles. The molecule has 0 bridgehead atoms. The normalized spacial score (nSPS) is 8.50. The lowest BCUT2D eigenvalue weighted by Crippen LogP contribution is -2.06. The summed E-state index contributed by atoms with van der Waals surface area (Å²) >= 11 is 0. The molecule has 0 saturated heterocycles. The van der Waals surface area contributed by atoms with Crippen LogP contribution in [-0.2, 0) is 14.3 Å². The maximum absolute atomic E-state index is 10.0. The zero-order chi connectivity index (χ0) is 10.1. The molecule has 0 radical (unpaired) electrons. The van der Waals surface area contributed by atoms with Crippen LogP contribution in [0.5, 0.6) is 0 Å². The number of hydrogen-bond donors (Lipinski definition) is 0. The molecule has 0 aromatic heterocycles. The van der Waals surface area contributed by atoms with E-state index in [1.54, 1.807) is 6.92 Å². The van der Waals surface area contributed by atoms with E-state index in [4.69, 9.17) is 0 Å². The minimum absolute atomic E-state index is 0.0255. The first kappa shape index (κ1) is 13.7. The molecule has 0 aromatic rings. The molecule has 3 heteroatoms. The van der Waals surface area contributed by atoms with Crippen molar-refractivity contribution in [1.29, 1.82) is 0 Å². The second kappa shape index (κ2) is 8.24. The van der Waals surface area contributed by atoms with Crippen LogP contribution in [0.15, 0.2) is 0 Å². The van der Waals surface area contributed by atoms with Crippen molar-refractivity contribution in [2.45, 2.75) is 47.1 Å². The molecule has 72 valence electrons. The van der Waals surface area contributed by atoms with E-state index < -0.39 is 0 Å². The standard InChI is InChI=1S/C5H10O2.C4H8O/c1-4(2)7-5(3)6;1-3-4(2)5/h4H,1-3H3;3H2,1-2H3. The highest BCUT2D eigenvalue weighted by Gasteiger charge is 1.93. The van der Waals surface area contributed by atoms with Crippen molar-refractivity contribution in [2.24, 2.45) is 0 Å². The molecule has 0 atom stereocenters. The minimum Gasteiger partial charge on any atom is -0.463 e. The second-order valence-corrected chi connectivity index (χ2v) is 2.71. The molecule has 0 N–H and O–H groups in total. The Morgan fingerprint density at radius 2 is 1.58 bits per heavy atom. The predicted molar refractivity (Wildman–Crippen MR) is 47.9 cm³/mol. The number of carbonyl (C=O) groups excluding carboxylic acids is 2. The van der Waals surface area contributed by atoms with Crippen LogP contribution in [0, 0.1) is 0 Å². The fraction of sp³-hybridized carbons (Fsp3) is 0.778. The molecule has 0 heterocycles. The number of Topliss-reactive ketones (excluding diaryl/α,β-unsaturated/α-hetero) is 1. The summed E-state index contributed by atoms with van der Waals surface area (Å²) in [6.07, 6.45) is 0.692. The molecule has 0 amide bonds. The Kier molecular flexibility index (Phi) is 9.41. The molecular formula is C9H18O3. The van der Waals surface area contributed by atoms with Crippen LogP contribution >= 0.6 is 0 Å². The molecule has 0 unspecified atom stereocenters. The van der Waals surface area contributed by atoms with Gasteiger partial charge in [0.2, 0.25) is 0 Å². The van der Waals surface area contributed by atoms with Gasteiger partial charge in [0.1, 0.15) is 5.78 Å². The molecule has 0 aliphatic rings. The van der Waals surface area contributed by atoms with Gasteiger partial charge in [-0.15, -0.1) is 0 Å². The van der Waals surface area contributed by atoms with Crippen molar-refractivity contribution in [1.82, 2.24) is 0 Å². The Labute approximate surface area is 74.1 Å². The van der Waals surface area contributed by atoms with E-state index in [0.29, 0.717) is 6.42 Å². The summed E-state index contributed by atoms with van der Waals surface area (Å²) in [5, 5.41) is 0. The van der Waals surface area contributed by atoms with E-state index in [9.17, 15) is 9.59 Å². The van der Waals surface area contributed by atoms with Crippen LogP contribution < -0.4 is 0 Å². The zero-order valence-corrected chi connectivity index (χ0v) is 8.51. The SMILES string of the molecule is CC(=O)OC(C)C.CCC(C)=O. The van der Waals surface area contributed by atoms with Crippen molar-refractivity contribution in [3.8, 4) is 0 Å². The van der Waals surface area contributed by atoms with E-state index in [-0.39, 0.29) is 17.9 Å². The van der Waals surface area contributed by atoms with Crippen molar-refractivity contribution >= 4 is 11.8 Å². The topological polar surface area (TPSA) is 43.4 Å². The molecule has 0 aromatic carbocycles. The molecule has 0 aliphatic carbocycles. The van der Waals surface area contributed by atoms with E-state index in [1.165, 1.54) is 6.92 Å². The van der Waals surface area contributed by atoms with Crippen LogP contribution in [0.25, 0.3) is 0 Å². The van der Waals surface area contributed by atoms with Gasteiger partial charge in [-0.3, -0.25) is 4.79 Å². The summed E-state index contributed by atoms with van der Waals surface area (Å²) in [4.78, 5) is 19.8. The van der Waals surface area contributed by atoms with Crippen LogP contribution in [0.3, 0.4) is 0 Å². The van der Waals surface area contributed by atoms with Gasteiger partial charge in [-0.2, -0.15) is 0 Å². The monoisotopic (exact) mass is 174 g/mol. The van der Waals surface area contributed by atoms with E-state index in [0.717, 1.165) is 0 Å². The van der Waals surface area contributed by atoms with Gasteiger partial charge in [0, 0.05) is 13.3 Å². The zero-order valence-electron chi connectivity index (χ0n) is 8.51. The number of rotatable bonds is 2. The maximum atomic E-state index is 10.0. The maximum Gasteiger partial charge on any atom is 0.302 e. The predicted octanol–water partition coefficient (Wildman–Crippen LogP) is 1.94. The fourth-order valence-electron chi connectivity index (χ4n) is 0.332. The van der Waals surface area contributed by atoms with Gasteiger partial charge in [-0.05, 0) is 20.8 Å². The van der Waals surface area contributed by atoms with Crippen LogP contribution in [0.1, 0.15) is 41.0 Å². The van der Waals surface area contributed by atoms with Gasteiger partial charge in [-0.25, -0.2) is 0 Å². The quantitative estimate of drug-likeness (QED) is 0.601. The van der Waals surface area contributed by atoms with Gasteiger partial charge in [0.25, 0.3) is 0 Å². The lowest BCUT2D eigenvalue weighted by atomic mass is 10.4. The Hall–Kier alpha value is -0.860. The molecule has 12 heavy (non-hydrogen) atoms. The van der Waals surface area contributed by atoms with Gasteiger partial charge >= 0.3 is 5.97 Å². The number of carbonyl (C=O) groups is 2. The Morgan fingerprint density at radius 1 is 1.25 bits per heavy atom. The summed E-state index contributed by atoms with van der Waals surface area (Å²) in [6.45, 7) is 8.48. The van der Waals surface area contributed by atoms with E-state index >= 15 is 0 Å². The average Bonchev–Trinajstić information content (AvgIpc) is 1.85. The van der Waals surface area contributed by atoms with E-state index in [2.05, 4.69) is 4.74 Å². The fourth-order valence-corrected chi connectivity index (χ4v) is 0.332. The molecule has 0 fully saturated rings. The lowest BCUT2D eigenvalue weighted by molar-refractivity contribution is -0.144. The molecule has 0 saturated carbocycles. The van der Waals surface area contributed by atoms with Crippen LogP contribution in [0.2, 0.25) is 0 Å². The van der Waals surface area contributed by atoms with Gasteiger partial charge in [0.15, 0.2) is 0 Å². The molecular weight excluding hydrogens is 156 g/mol. The van der Waals surface area contributed by atoms with Crippen LogP contribution in [0.4, 0.5) is 0 Å². The summed E-state index contributed by atoms with van der Waals surface area (Å²) in [5.74, 6) is 0.0417. The first-order valence-electron chi connectivity index (χ1n) is 4.06. The van der Waals surface area contributed by atoms with Crippen molar-refractivity contribution in [3.63, 3.8) is 0 Å². The van der Waals surface area contributed by atoms with Crippen molar-refractivity contribution in [3.05, 3.63) is 0 Å². The largest absolute Gasteiger partial charge is 0.463 e. The average molecular weight is 174 g/mol. The highest BCUT2D eigenvalue weighted by molar-refractivity contribution is 5.74. The number of hydrogen-bond acceptors (Lipinski definition) is 3. The van der Waals surface area contributed by atoms with Gasteiger partial charge in [-0.1, -0.05) is 6.92 Å².